The number of thiazole rings is 1. The maximum absolute atomic E-state index is 6.09. The van der Waals surface area contributed by atoms with Crippen LogP contribution in [0.25, 0.3) is 0 Å². The second-order valence-corrected chi connectivity index (χ2v) is 4.84. The maximum Gasteiger partial charge on any atom is 0.122 e. The third kappa shape index (κ3) is 2.97. The highest BCUT2D eigenvalue weighted by Crippen LogP contribution is 2.26. The molecule has 3 nitrogen and oxygen atoms in total. The van der Waals surface area contributed by atoms with E-state index in [0.29, 0.717) is 11.4 Å². The molecule has 0 aliphatic rings. The fourth-order valence-electron chi connectivity index (χ4n) is 1.65. The molecule has 0 fully saturated rings. The van der Waals surface area contributed by atoms with Crippen LogP contribution in [0.1, 0.15) is 17.3 Å². The highest BCUT2D eigenvalue weighted by molar-refractivity contribution is 7.07. The molecule has 0 spiro atoms. The van der Waals surface area contributed by atoms with E-state index in [1.807, 2.05) is 17.5 Å². The number of hydrogen-bond donors (Lipinski definition) is 1. The minimum Gasteiger partial charge on any atom is -0.496 e. The Bertz CT molecular complexity index is 487. The van der Waals surface area contributed by atoms with Crippen molar-refractivity contribution in [2.45, 2.75) is 12.5 Å². The van der Waals surface area contributed by atoms with E-state index in [2.05, 4.69) is 4.98 Å². The van der Waals surface area contributed by atoms with Crippen molar-refractivity contribution in [2.24, 2.45) is 5.73 Å². The smallest absolute Gasteiger partial charge is 0.122 e. The molecule has 1 aromatic carbocycles. The molecule has 1 atom stereocenters. The summed E-state index contributed by atoms with van der Waals surface area (Å²) in [7, 11) is 1.64. The summed E-state index contributed by atoms with van der Waals surface area (Å²) in [6, 6.07) is 5.41. The molecule has 1 aromatic heterocycles. The first-order valence-corrected chi connectivity index (χ1v) is 6.49. The van der Waals surface area contributed by atoms with Gasteiger partial charge >= 0.3 is 0 Å². The number of nitrogens with two attached hydrogens (primary N) is 1. The highest BCUT2D eigenvalue weighted by Gasteiger charge is 2.12. The summed E-state index contributed by atoms with van der Waals surface area (Å²) >= 11 is 7.52. The fourth-order valence-corrected chi connectivity index (χ4v) is 2.47. The van der Waals surface area contributed by atoms with Gasteiger partial charge in [-0.2, -0.15) is 0 Å². The number of ether oxygens (including phenoxy) is 1. The van der Waals surface area contributed by atoms with Crippen LogP contribution in [0.5, 0.6) is 5.75 Å². The van der Waals surface area contributed by atoms with Gasteiger partial charge in [0.1, 0.15) is 5.75 Å². The van der Waals surface area contributed by atoms with Crippen molar-refractivity contribution in [3.8, 4) is 5.75 Å². The fraction of sp³-hybridized carbons (Fsp3) is 0.250. The minimum absolute atomic E-state index is 0.131. The molecule has 0 aliphatic heterocycles. The molecule has 0 amide bonds. The highest BCUT2D eigenvalue weighted by atomic mass is 35.5. The Kier molecular flexibility index (Phi) is 3.99. The van der Waals surface area contributed by atoms with Crippen LogP contribution in [0.4, 0.5) is 0 Å². The van der Waals surface area contributed by atoms with Crippen molar-refractivity contribution in [3.63, 3.8) is 0 Å². The van der Waals surface area contributed by atoms with Crippen LogP contribution in [-0.2, 0) is 6.42 Å². The molecule has 2 rings (SSSR count). The molecule has 0 aliphatic carbocycles. The second-order valence-electron chi connectivity index (χ2n) is 3.68. The topological polar surface area (TPSA) is 48.1 Å². The molecule has 90 valence electrons. The van der Waals surface area contributed by atoms with Crippen LogP contribution < -0.4 is 10.5 Å². The summed E-state index contributed by atoms with van der Waals surface area (Å²) < 4.78 is 5.29. The van der Waals surface area contributed by atoms with Gasteiger partial charge in [0.15, 0.2) is 0 Å². The van der Waals surface area contributed by atoms with Crippen LogP contribution in [0.3, 0.4) is 0 Å². The number of rotatable bonds is 4. The normalized spacial score (nSPS) is 12.4. The zero-order valence-electron chi connectivity index (χ0n) is 9.39. The van der Waals surface area contributed by atoms with Crippen LogP contribution in [0.2, 0.25) is 5.02 Å². The van der Waals surface area contributed by atoms with Crippen LogP contribution in [0, 0.1) is 0 Å². The summed E-state index contributed by atoms with van der Waals surface area (Å²) in [5, 5.41) is 2.65. The predicted octanol–water partition coefficient (Wildman–Crippen LogP) is 3.05. The van der Waals surface area contributed by atoms with E-state index in [-0.39, 0.29) is 6.04 Å². The largest absolute Gasteiger partial charge is 0.496 e. The average Bonchev–Trinajstić information content (AvgIpc) is 2.83. The summed E-state index contributed by atoms with van der Waals surface area (Å²) in [4.78, 5) is 4.21. The molecule has 0 radical (unpaired) electrons. The summed E-state index contributed by atoms with van der Waals surface area (Å²) in [6.07, 6.45) is 0.660. The molecule has 2 aromatic rings. The number of nitrogens with zero attached hydrogens (tertiary/aromatic N) is 1. The van der Waals surface area contributed by atoms with Crippen molar-refractivity contribution >= 4 is 22.9 Å². The van der Waals surface area contributed by atoms with Gasteiger partial charge in [0, 0.05) is 10.4 Å². The molecule has 0 bridgehead atoms. The molecular formula is C12H13ClN2OS. The molecule has 17 heavy (non-hydrogen) atoms. The van der Waals surface area contributed by atoms with Gasteiger partial charge in [0.05, 0.1) is 24.4 Å². The third-order valence-electron chi connectivity index (χ3n) is 2.51. The van der Waals surface area contributed by atoms with Gasteiger partial charge in [-0.3, -0.25) is 0 Å². The first-order chi connectivity index (χ1) is 8.20. The molecule has 1 unspecified atom stereocenters. The molecule has 0 saturated heterocycles. The van der Waals surface area contributed by atoms with Crippen LogP contribution >= 0.6 is 22.9 Å². The Morgan fingerprint density at radius 2 is 2.35 bits per heavy atom. The Morgan fingerprint density at radius 3 is 3.00 bits per heavy atom. The summed E-state index contributed by atoms with van der Waals surface area (Å²) in [6.45, 7) is 0. The van der Waals surface area contributed by atoms with E-state index >= 15 is 0 Å². The molecular weight excluding hydrogens is 256 g/mol. The maximum atomic E-state index is 6.09. The van der Waals surface area contributed by atoms with E-state index in [4.69, 9.17) is 22.1 Å². The zero-order valence-corrected chi connectivity index (χ0v) is 11.0. The van der Waals surface area contributed by atoms with Crippen molar-refractivity contribution in [1.82, 2.24) is 4.98 Å². The van der Waals surface area contributed by atoms with Crippen molar-refractivity contribution < 1.29 is 4.74 Å². The van der Waals surface area contributed by atoms with Gasteiger partial charge in [0.25, 0.3) is 0 Å². The average molecular weight is 269 g/mol. The Balaban J connectivity index is 2.20. The lowest BCUT2D eigenvalue weighted by atomic mass is 10.0. The number of aromatic nitrogens is 1. The van der Waals surface area contributed by atoms with E-state index in [9.17, 15) is 0 Å². The predicted molar refractivity (Wildman–Crippen MR) is 70.8 cm³/mol. The van der Waals surface area contributed by atoms with E-state index in [0.717, 1.165) is 17.0 Å². The minimum atomic E-state index is -0.131. The number of methoxy groups -OCH3 is 1. The molecule has 5 heteroatoms. The van der Waals surface area contributed by atoms with Gasteiger partial charge in [-0.25, -0.2) is 4.98 Å². The first-order valence-electron chi connectivity index (χ1n) is 5.17. The number of halogens is 1. The van der Waals surface area contributed by atoms with Gasteiger partial charge in [-0.05, 0) is 30.2 Å². The van der Waals surface area contributed by atoms with E-state index in [1.54, 1.807) is 30.0 Å². The lowest BCUT2D eigenvalue weighted by Crippen LogP contribution is -2.14. The number of benzene rings is 1. The molecule has 1 heterocycles. The number of hydrogen-bond acceptors (Lipinski definition) is 4. The van der Waals surface area contributed by atoms with Crippen molar-refractivity contribution in [1.29, 1.82) is 0 Å². The lowest BCUT2D eigenvalue weighted by molar-refractivity contribution is 0.408. The third-order valence-corrected chi connectivity index (χ3v) is 3.35. The quantitative estimate of drug-likeness (QED) is 0.927. The summed E-state index contributed by atoms with van der Waals surface area (Å²) in [5.41, 5.74) is 9.77. The SMILES string of the molecule is COc1ccc(Cl)cc1CC(N)c1cscn1. The van der Waals surface area contributed by atoms with E-state index < -0.39 is 0 Å². The molecule has 2 N–H and O–H groups in total. The Hall–Kier alpha value is -1.10. The first kappa shape index (κ1) is 12.4. The van der Waals surface area contributed by atoms with Gasteiger partial charge in [-0.15, -0.1) is 11.3 Å². The summed E-state index contributed by atoms with van der Waals surface area (Å²) in [5.74, 6) is 0.806. The van der Waals surface area contributed by atoms with Gasteiger partial charge in [-0.1, -0.05) is 11.6 Å². The van der Waals surface area contributed by atoms with Gasteiger partial charge < -0.3 is 10.5 Å². The monoisotopic (exact) mass is 268 g/mol. The lowest BCUT2D eigenvalue weighted by Gasteiger charge is -2.12. The van der Waals surface area contributed by atoms with E-state index in [1.165, 1.54) is 0 Å². The standard InChI is InChI=1S/C12H13ClN2OS/c1-16-12-3-2-9(13)4-8(12)5-10(14)11-6-17-7-15-11/h2-4,6-7,10H,5,14H2,1H3. The Labute approximate surface area is 109 Å². The second kappa shape index (κ2) is 5.49. The molecule has 0 saturated carbocycles. The zero-order chi connectivity index (χ0) is 12.3. The van der Waals surface area contributed by atoms with Crippen LogP contribution in [0.15, 0.2) is 29.1 Å². The van der Waals surface area contributed by atoms with Crippen LogP contribution in [-0.4, -0.2) is 12.1 Å². The Morgan fingerprint density at radius 1 is 1.53 bits per heavy atom. The van der Waals surface area contributed by atoms with Crippen molar-refractivity contribution in [3.05, 3.63) is 45.4 Å². The van der Waals surface area contributed by atoms with Gasteiger partial charge in [0.2, 0.25) is 0 Å². The van der Waals surface area contributed by atoms with Crippen molar-refractivity contribution in [2.75, 3.05) is 7.11 Å².